The van der Waals surface area contributed by atoms with Crippen molar-refractivity contribution in [3.05, 3.63) is 60.2 Å². The third-order valence-electron chi connectivity index (χ3n) is 5.92. The lowest BCUT2D eigenvalue weighted by Gasteiger charge is -2.35. The third kappa shape index (κ3) is 3.31. The van der Waals surface area contributed by atoms with Crippen molar-refractivity contribution in [3.8, 4) is 11.5 Å². The highest BCUT2D eigenvalue weighted by Crippen LogP contribution is 2.33. The van der Waals surface area contributed by atoms with Gasteiger partial charge in [-0.05, 0) is 18.2 Å². The van der Waals surface area contributed by atoms with Gasteiger partial charge in [0, 0.05) is 31.6 Å². The van der Waals surface area contributed by atoms with Gasteiger partial charge in [0.05, 0.1) is 28.3 Å². The van der Waals surface area contributed by atoms with E-state index in [1.54, 1.807) is 16.0 Å². The number of fused-ring (bicyclic) bond motifs is 2. The third-order valence-corrected chi connectivity index (χ3v) is 6.80. The summed E-state index contributed by atoms with van der Waals surface area (Å²) in [6.07, 6.45) is 1.81. The molecule has 8 nitrogen and oxygen atoms in total. The van der Waals surface area contributed by atoms with Gasteiger partial charge in [-0.15, -0.1) is 11.3 Å². The SMILES string of the molecule is O=C(Cn1ncc2ccccc21)N1CCN(c2scnc2-c2nc3ccccc3[nH]2)CC1. The molecule has 1 aliphatic heterocycles. The summed E-state index contributed by atoms with van der Waals surface area (Å²) in [5, 5.41) is 6.53. The van der Waals surface area contributed by atoms with Crippen LogP contribution in [0.5, 0.6) is 0 Å². The molecule has 1 aliphatic rings. The largest absolute Gasteiger partial charge is 0.358 e. The molecule has 0 spiro atoms. The van der Waals surface area contributed by atoms with Crippen molar-refractivity contribution in [2.45, 2.75) is 6.54 Å². The number of thiazole rings is 1. The molecule has 0 radical (unpaired) electrons. The number of aromatic amines is 1. The lowest BCUT2D eigenvalue weighted by molar-refractivity contribution is -0.132. The molecular weight excluding hydrogens is 422 g/mol. The van der Waals surface area contributed by atoms with Crippen LogP contribution in [0.1, 0.15) is 0 Å². The number of H-pyrrole nitrogens is 1. The quantitative estimate of drug-likeness (QED) is 0.460. The van der Waals surface area contributed by atoms with E-state index in [9.17, 15) is 4.79 Å². The normalized spacial score (nSPS) is 14.5. The van der Waals surface area contributed by atoms with Crippen LogP contribution in [-0.2, 0) is 11.3 Å². The number of benzene rings is 2. The molecule has 9 heteroatoms. The maximum atomic E-state index is 12.9. The van der Waals surface area contributed by atoms with Crippen molar-refractivity contribution >= 4 is 44.2 Å². The van der Waals surface area contributed by atoms with Crippen LogP contribution in [0, 0.1) is 0 Å². The number of piperazine rings is 1. The van der Waals surface area contributed by atoms with E-state index in [2.05, 4.69) is 20.0 Å². The van der Waals surface area contributed by atoms with Crippen LogP contribution in [0.3, 0.4) is 0 Å². The molecule has 6 rings (SSSR count). The molecule has 5 aromatic rings. The number of nitrogens with zero attached hydrogens (tertiary/aromatic N) is 6. The molecule has 160 valence electrons. The number of rotatable bonds is 4. The van der Waals surface area contributed by atoms with E-state index in [4.69, 9.17) is 4.98 Å². The van der Waals surface area contributed by atoms with Crippen LogP contribution >= 0.6 is 11.3 Å². The Kier molecular flexibility index (Phi) is 4.61. The highest BCUT2D eigenvalue weighted by atomic mass is 32.1. The Hall–Kier alpha value is -3.72. The van der Waals surface area contributed by atoms with Crippen molar-refractivity contribution in [1.82, 2.24) is 29.6 Å². The number of para-hydroxylation sites is 3. The lowest BCUT2D eigenvalue weighted by Crippen LogP contribution is -2.49. The zero-order chi connectivity index (χ0) is 21.5. The second kappa shape index (κ2) is 7.76. The number of aromatic nitrogens is 5. The fourth-order valence-electron chi connectivity index (χ4n) is 4.23. The second-order valence-electron chi connectivity index (χ2n) is 7.84. The summed E-state index contributed by atoms with van der Waals surface area (Å²) in [6.45, 7) is 3.14. The Balaban J connectivity index is 1.15. The zero-order valence-electron chi connectivity index (χ0n) is 17.3. The van der Waals surface area contributed by atoms with E-state index in [0.29, 0.717) is 13.1 Å². The summed E-state index contributed by atoms with van der Waals surface area (Å²) in [6, 6.07) is 16.0. The van der Waals surface area contributed by atoms with Crippen molar-refractivity contribution in [2.75, 3.05) is 31.1 Å². The molecule has 32 heavy (non-hydrogen) atoms. The van der Waals surface area contributed by atoms with Gasteiger partial charge in [-0.2, -0.15) is 5.10 Å². The van der Waals surface area contributed by atoms with Crippen molar-refractivity contribution < 1.29 is 4.79 Å². The van der Waals surface area contributed by atoms with Crippen molar-refractivity contribution in [3.63, 3.8) is 0 Å². The second-order valence-corrected chi connectivity index (χ2v) is 8.67. The predicted octanol–water partition coefficient (Wildman–Crippen LogP) is 3.38. The monoisotopic (exact) mass is 443 g/mol. The van der Waals surface area contributed by atoms with Crippen molar-refractivity contribution in [2.24, 2.45) is 0 Å². The molecule has 2 aromatic carbocycles. The number of carbonyl (C=O) groups excluding carboxylic acids is 1. The molecule has 1 amide bonds. The number of imidazole rings is 1. The first-order valence-corrected chi connectivity index (χ1v) is 11.5. The Morgan fingerprint density at radius 3 is 2.72 bits per heavy atom. The summed E-state index contributed by atoms with van der Waals surface area (Å²) < 4.78 is 1.78. The fraction of sp³-hybridized carbons (Fsp3) is 0.217. The number of amides is 1. The Labute approximate surface area is 188 Å². The first kappa shape index (κ1) is 19.0. The van der Waals surface area contributed by atoms with Crippen LogP contribution in [0.25, 0.3) is 33.5 Å². The summed E-state index contributed by atoms with van der Waals surface area (Å²) in [5.41, 5.74) is 5.65. The number of nitrogens with one attached hydrogen (secondary N) is 1. The van der Waals surface area contributed by atoms with Crippen LogP contribution < -0.4 is 4.90 Å². The summed E-state index contributed by atoms with van der Waals surface area (Å²) in [5.74, 6) is 0.881. The van der Waals surface area contributed by atoms with E-state index >= 15 is 0 Å². The standard InChI is InChI=1S/C23H21N7OS/c31-20(14-30-19-8-4-1-5-16(19)13-25-30)28-9-11-29(12-10-28)23-21(24-15-32-23)22-26-17-6-2-3-7-18(17)27-22/h1-8,13,15H,9-12,14H2,(H,26,27). The Morgan fingerprint density at radius 1 is 1.03 bits per heavy atom. The van der Waals surface area contributed by atoms with Gasteiger partial charge in [-0.1, -0.05) is 30.3 Å². The first-order valence-electron chi connectivity index (χ1n) is 10.6. The summed E-state index contributed by atoms with van der Waals surface area (Å²) >= 11 is 1.61. The topological polar surface area (TPSA) is 82.9 Å². The number of anilines is 1. The molecule has 4 heterocycles. The van der Waals surface area contributed by atoms with E-state index in [1.807, 2.05) is 65.1 Å². The van der Waals surface area contributed by atoms with E-state index in [0.717, 1.165) is 51.5 Å². The van der Waals surface area contributed by atoms with Crippen LogP contribution in [0.4, 0.5) is 5.00 Å². The highest BCUT2D eigenvalue weighted by Gasteiger charge is 2.25. The average molecular weight is 444 g/mol. The minimum atomic E-state index is 0.0975. The maximum absolute atomic E-state index is 12.9. The smallest absolute Gasteiger partial charge is 0.244 e. The molecule has 0 unspecified atom stereocenters. The van der Waals surface area contributed by atoms with Crippen LogP contribution in [-0.4, -0.2) is 61.7 Å². The molecule has 1 saturated heterocycles. The number of hydrogen-bond acceptors (Lipinski definition) is 6. The van der Waals surface area contributed by atoms with Crippen molar-refractivity contribution in [1.29, 1.82) is 0 Å². The van der Waals surface area contributed by atoms with E-state index in [1.165, 1.54) is 0 Å². The molecule has 1 N–H and O–H groups in total. The molecule has 3 aromatic heterocycles. The first-order chi connectivity index (χ1) is 15.8. The Morgan fingerprint density at radius 2 is 1.84 bits per heavy atom. The molecule has 0 aliphatic carbocycles. The van der Waals surface area contributed by atoms with Crippen LogP contribution in [0.2, 0.25) is 0 Å². The summed E-state index contributed by atoms with van der Waals surface area (Å²) in [7, 11) is 0. The minimum Gasteiger partial charge on any atom is -0.358 e. The maximum Gasteiger partial charge on any atom is 0.244 e. The van der Waals surface area contributed by atoms with Crippen LogP contribution in [0.15, 0.2) is 60.2 Å². The van der Waals surface area contributed by atoms with E-state index < -0.39 is 0 Å². The highest BCUT2D eigenvalue weighted by molar-refractivity contribution is 7.14. The number of hydrogen-bond donors (Lipinski definition) is 1. The van der Waals surface area contributed by atoms with Gasteiger partial charge in [0.1, 0.15) is 17.2 Å². The van der Waals surface area contributed by atoms with E-state index in [-0.39, 0.29) is 12.5 Å². The van der Waals surface area contributed by atoms with Gasteiger partial charge in [-0.3, -0.25) is 9.48 Å². The van der Waals surface area contributed by atoms with Gasteiger partial charge in [0.25, 0.3) is 0 Å². The Bertz CT molecular complexity index is 1380. The summed E-state index contributed by atoms with van der Waals surface area (Å²) in [4.78, 5) is 29.8. The number of carbonyl (C=O) groups is 1. The molecule has 0 saturated carbocycles. The van der Waals surface area contributed by atoms with Gasteiger partial charge in [0.15, 0.2) is 5.82 Å². The molecule has 0 bridgehead atoms. The zero-order valence-corrected chi connectivity index (χ0v) is 18.1. The molecule has 1 fully saturated rings. The fourth-order valence-corrected chi connectivity index (χ4v) is 5.08. The molecule has 0 atom stereocenters. The minimum absolute atomic E-state index is 0.0975. The predicted molar refractivity (Wildman–Crippen MR) is 126 cm³/mol. The van der Waals surface area contributed by atoms with Gasteiger partial charge >= 0.3 is 0 Å². The van der Waals surface area contributed by atoms with Gasteiger partial charge in [-0.25, -0.2) is 9.97 Å². The van der Waals surface area contributed by atoms with Gasteiger partial charge in [0.2, 0.25) is 5.91 Å². The lowest BCUT2D eigenvalue weighted by atomic mass is 10.2. The van der Waals surface area contributed by atoms with Gasteiger partial charge < -0.3 is 14.8 Å². The average Bonchev–Trinajstić information content (AvgIpc) is 3.57. The molecular formula is C23H21N7OS.